The number of nitrogens with zero attached hydrogens (tertiary/aromatic N) is 1. The Bertz CT molecular complexity index is 660. The first kappa shape index (κ1) is 15.1. The highest BCUT2D eigenvalue weighted by Crippen LogP contribution is 2.20. The van der Waals surface area contributed by atoms with E-state index in [4.69, 9.17) is 0 Å². The van der Waals surface area contributed by atoms with Crippen LogP contribution in [-0.4, -0.2) is 22.5 Å². The van der Waals surface area contributed by atoms with Gasteiger partial charge in [0.2, 0.25) is 0 Å². The molecule has 0 aliphatic carbocycles. The maximum atomic E-state index is 13.1. The Morgan fingerprint density at radius 2 is 2.24 bits per heavy atom. The largest absolute Gasteiger partial charge is 0.387 e. The van der Waals surface area contributed by atoms with Gasteiger partial charge in [0.15, 0.2) is 0 Å². The number of aliphatic hydroxyl groups excluding tert-OH is 1. The molecule has 0 radical (unpaired) electrons. The molecule has 0 spiro atoms. The van der Waals surface area contributed by atoms with Gasteiger partial charge in [0, 0.05) is 12.6 Å². The number of nitro groups is 1. The number of carbonyl (C=O) groups is 1. The SMILES string of the molecule is O=C(NC[C@H](O)c1ccsc1)c1cc(F)ccc1[N+](=O)[O-]. The van der Waals surface area contributed by atoms with Crippen LogP contribution in [0.25, 0.3) is 0 Å². The lowest BCUT2D eigenvalue weighted by atomic mass is 10.1. The van der Waals surface area contributed by atoms with Crippen molar-refractivity contribution in [2.24, 2.45) is 0 Å². The predicted octanol–water partition coefficient (Wildman–Crippen LogP) is 2.26. The van der Waals surface area contributed by atoms with Crippen molar-refractivity contribution in [3.8, 4) is 0 Å². The predicted molar refractivity (Wildman–Crippen MR) is 74.7 cm³/mol. The van der Waals surface area contributed by atoms with E-state index in [1.807, 2.05) is 0 Å². The Labute approximate surface area is 123 Å². The van der Waals surface area contributed by atoms with Gasteiger partial charge in [-0.3, -0.25) is 14.9 Å². The topological polar surface area (TPSA) is 92.5 Å². The summed E-state index contributed by atoms with van der Waals surface area (Å²) in [5.74, 6) is -1.56. The summed E-state index contributed by atoms with van der Waals surface area (Å²) >= 11 is 1.40. The fourth-order valence-electron chi connectivity index (χ4n) is 1.72. The first-order valence-electron chi connectivity index (χ1n) is 5.91. The summed E-state index contributed by atoms with van der Waals surface area (Å²) in [5, 5.41) is 26.5. The first-order chi connectivity index (χ1) is 9.99. The Kier molecular flexibility index (Phi) is 4.61. The number of hydrogen-bond acceptors (Lipinski definition) is 5. The van der Waals surface area contributed by atoms with E-state index in [0.717, 1.165) is 18.2 Å². The minimum atomic E-state index is -0.923. The van der Waals surface area contributed by atoms with E-state index in [1.165, 1.54) is 11.3 Å². The minimum absolute atomic E-state index is 0.122. The van der Waals surface area contributed by atoms with Gasteiger partial charge in [-0.05, 0) is 34.5 Å². The molecule has 0 aliphatic heterocycles. The van der Waals surface area contributed by atoms with Gasteiger partial charge in [0.1, 0.15) is 11.4 Å². The van der Waals surface area contributed by atoms with E-state index in [0.29, 0.717) is 5.56 Å². The molecule has 0 bridgehead atoms. The van der Waals surface area contributed by atoms with Crippen molar-refractivity contribution in [1.29, 1.82) is 0 Å². The monoisotopic (exact) mass is 310 g/mol. The van der Waals surface area contributed by atoms with E-state index in [1.54, 1.807) is 16.8 Å². The second-order valence-electron chi connectivity index (χ2n) is 4.20. The van der Waals surface area contributed by atoms with Gasteiger partial charge in [0.05, 0.1) is 11.0 Å². The van der Waals surface area contributed by atoms with Crippen LogP contribution in [0.5, 0.6) is 0 Å². The molecule has 1 amide bonds. The lowest BCUT2D eigenvalue weighted by molar-refractivity contribution is -0.385. The number of amides is 1. The summed E-state index contributed by atoms with van der Waals surface area (Å²) in [6.07, 6.45) is -0.923. The van der Waals surface area contributed by atoms with Crippen LogP contribution in [0, 0.1) is 15.9 Å². The maximum absolute atomic E-state index is 13.1. The molecule has 2 rings (SSSR count). The van der Waals surface area contributed by atoms with Crippen molar-refractivity contribution >= 4 is 22.9 Å². The lowest BCUT2D eigenvalue weighted by Gasteiger charge is -2.10. The number of nitro benzene ring substituents is 1. The summed E-state index contributed by atoms with van der Waals surface area (Å²) in [6, 6.07) is 4.34. The standard InChI is InChI=1S/C13H11FN2O4S/c14-9-1-2-11(16(19)20)10(5-9)13(18)15-6-12(17)8-3-4-21-7-8/h1-5,7,12,17H,6H2,(H,15,18)/t12-/m0/s1. The summed E-state index contributed by atoms with van der Waals surface area (Å²) in [7, 11) is 0. The molecule has 0 aliphatic rings. The molecular weight excluding hydrogens is 299 g/mol. The van der Waals surface area contributed by atoms with E-state index < -0.39 is 28.4 Å². The molecule has 0 saturated heterocycles. The van der Waals surface area contributed by atoms with Crippen molar-refractivity contribution in [2.75, 3.05) is 6.54 Å². The first-order valence-corrected chi connectivity index (χ1v) is 6.85. The minimum Gasteiger partial charge on any atom is -0.387 e. The summed E-state index contributed by atoms with van der Waals surface area (Å²) in [6.45, 7) is -0.122. The van der Waals surface area contributed by atoms with Crippen LogP contribution in [0.15, 0.2) is 35.0 Å². The molecule has 8 heteroatoms. The number of nitrogens with one attached hydrogen (secondary N) is 1. The molecule has 0 unspecified atom stereocenters. The molecule has 6 nitrogen and oxygen atoms in total. The third-order valence-electron chi connectivity index (χ3n) is 2.78. The fourth-order valence-corrected chi connectivity index (χ4v) is 2.42. The van der Waals surface area contributed by atoms with Gasteiger partial charge in [-0.1, -0.05) is 0 Å². The molecule has 1 heterocycles. The fraction of sp³-hybridized carbons (Fsp3) is 0.154. The lowest BCUT2D eigenvalue weighted by Crippen LogP contribution is -2.28. The van der Waals surface area contributed by atoms with E-state index >= 15 is 0 Å². The normalized spacial score (nSPS) is 11.9. The molecule has 110 valence electrons. The smallest absolute Gasteiger partial charge is 0.282 e. The highest BCUT2D eigenvalue weighted by atomic mass is 32.1. The van der Waals surface area contributed by atoms with Crippen molar-refractivity contribution in [1.82, 2.24) is 5.32 Å². The average molecular weight is 310 g/mol. The quantitative estimate of drug-likeness (QED) is 0.654. The van der Waals surface area contributed by atoms with Gasteiger partial charge in [0.25, 0.3) is 11.6 Å². The number of thiophene rings is 1. The molecule has 2 N–H and O–H groups in total. The van der Waals surface area contributed by atoms with Crippen LogP contribution in [-0.2, 0) is 0 Å². The van der Waals surface area contributed by atoms with Gasteiger partial charge in [-0.2, -0.15) is 11.3 Å². The third kappa shape index (κ3) is 3.61. The van der Waals surface area contributed by atoms with Gasteiger partial charge < -0.3 is 10.4 Å². The zero-order valence-electron chi connectivity index (χ0n) is 10.7. The Hall–Kier alpha value is -2.32. The van der Waals surface area contributed by atoms with E-state index in [9.17, 15) is 24.4 Å². The zero-order chi connectivity index (χ0) is 15.4. The summed E-state index contributed by atoms with van der Waals surface area (Å²) in [4.78, 5) is 22.0. The van der Waals surface area contributed by atoms with Gasteiger partial charge >= 0.3 is 0 Å². The van der Waals surface area contributed by atoms with Crippen molar-refractivity contribution in [3.05, 3.63) is 62.1 Å². The molecule has 1 atom stereocenters. The van der Waals surface area contributed by atoms with Crippen LogP contribution in [0.3, 0.4) is 0 Å². The van der Waals surface area contributed by atoms with Crippen molar-refractivity contribution in [2.45, 2.75) is 6.10 Å². The number of rotatable bonds is 5. The number of aliphatic hydroxyl groups is 1. The molecule has 0 saturated carbocycles. The van der Waals surface area contributed by atoms with Crippen LogP contribution in [0.2, 0.25) is 0 Å². The molecule has 1 aromatic carbocycles. The van der Waals surface area contributed by atoms with Crippen LogP contribution in [0.4, 0.5) is 10.1 Å². The van der Waals surface area contributed by atoms with Gasteiger partial charge in [-0.15, -0.1) is 0 Å². The molecule has 0 fully saturated rings. The number of hydrogen-bond donors (Lipinski definition) is 2. The van der Waals surface area contributed by atoms with Crippen molar-refractivity contribution in [3.63, 3.8) is 0 Å². The van der Waals surface area contributed by atoms with Crippen LogP contribution >= 0.6 is 11.3 Å². The Morgan fingerprint density at radius 3 is 2.86 bits per heavy atom. The van der Waals surface area contributed by atoms with Crippen LogP contribution < -0.4 is 5.32 Å². The van der Waals surface area contributed by atoms with E-state index in [2.05, 4.69) is 5.32 Å². The second-order valence-corrected chi connectivity index (χ2v) is 4.98. The molecule has 21 heavy (non-hydrogen) atoms. The summed E-state index contributed by atoms with van der Waals surface area (Å²) in [5.41, 5.74) is -0.231. The maximum Gasteiger partial charge on any atom is 0.282 e. The highest BCUT2D eigenvalue weighted by Gasteiger charge is 2.21. The number of benzene rings is 1. The summed E-state index contributed by atoms with van der Waals surface area (Å²) < 4.78 is 13.1. The van der Waals surface area contributed by atoms with E-state index in [-0.39, 0.29) is 12.1 Å². The molecular formula is C13H11FN2O4S. The van der Waals surface area contributed by atoms with Crippen molar-refractivity contribution < 1.29 is 19.2 Å². The number of halogens is 1. The number of carbonyl (C=O) groups excluding carboxylic acids is 1. The third-order valence-corrected chi connectivity index (χ3v) is 3.49. The molecule has 1 aromatic heterocycles. The van der Waals surface area contributed by atoms with Gasteiger partial charge in [-0.25, -0.2) is 4.39 Å². The Morgan fingerprint density at radius 1 is 1.48 bits per heavy atom. The zero-order valence-corrected chi connectivity index (χ0v) is 11.5. The Balaban J connectivity index is 2.10. The highest BCUT2D eigenvalue weighted by molar-refractivity contribution is 7.07. The van der Waals surface area contributed by atoms with Crippen LogP contribution in [0.1, 0.15) is 22.0 Å². The average Bonchev–Trinajstić information content (AvgIpc) is 2.98. The molecule has 2 aromatic rings. The second kappa shape index (κ2) is 6.42.